The zero-order valence-corrected chi connectivity index (χ0v) is 18.5. The van der Waals surface area contributed by atoms with E-state index in [-0.39, 0.29) is 5.82 Å². The minimum absolute atomic E-state index is 0.222. The van der Waals surface area contributed by atoms with Crippen LogP contribution in [0.15, 0.2) is 9.32 Å². The maximum Gasteiger partial charge on any atom is 0.439 e. The fraction of sp³-hybridized carbons (Fsp3) is 0.682. The number of rotatable bonds is 6. The molecule has 9 nitrogen and oxygen atoms in total. The highest BCUT2D eigenvalue weighted by molar-refractivity contribution is 5.85. The Hall–Kier alpha value is -2.71. The van der Waals surface area contributed by atoms with E-state index < -0.39 is 5.76 Å². The van der Waals surface area contributed by atoms with Crippen molar-refractivity contribution in [3.63, 3.8) is 0 Å². The highest BCUT2D eigenvalue weighted by Crippen LogP contribution is 2.34. The predicted octanol–water partition coefficient (Wildman–Crippen LogP) is 3.90. The molecule has 0 aromatic carbocycles. The highest BCUT2D eigenvalue weighted by Gasteiger charge is 2.27. The quantitative estimate of drug-likeness (QED) is 0.615. The smallest absolute Gasteiger partial charge is 0.365 e. The van der Waals surface area contributed by atoms with Gasteiger partial charge >= 0.3 is 5.76 Å². The van der Waals surface area contributed by atoms with Gasteiger partial charge in [0.2, 0.25) is 11.6 Å². The summed E-state index contributed by atoms with van der Waals surface area (Å²) < 4.78 is 6.95. The Morgan fingerprint density at radius 3 is 2.58 bits per heavy atom. The summed E-state index contributed by atoms with van der Waals surface area (Å²) >= 11 is 0. The highest BCUT2D eigenvalue weighted by atomic mass is 16.5. The van der Waals surface area contributed by atoms with Crippen molar-refractivity contribution in [1.82, 2.24) is 29.7 Å². The van der Waals surface area contributed by atoms with E-state index in [4.69, 9.17) is 9.97 Å². The van der Waals surface area contributed by atoms with Gasteiger partial charge in [-0.25, -0.2) is 19.7 Å². The number of hydrogen-bond acceptors (Lipinski definition) is 7. The average molecular weight is 426 g/mol. The summed E-state index contributed by atoms with van der Waals surface area (Å²) in [5, 5.41) is 7.41. The van der Waals surface area contributed by atoms with Crippen LogP contribution < -0.4 is 11.1 Å². The van der Waals surface area contributed by atoms with Gasteiger partial charge < -0.3 is 9.88 Å². The van der Waals surface area contributed by atoms with Gasteiger partial charge in [-0.1, -0.05) is 31.3 Å². The molecular weight excluding hydrogens is 394 g/mol. The van der Waals surface area contributed by atoms with E-state index in [1.54, 1.807) is 0 Å². The molecule has 2 N–H and O–H groups in total. The molecule has 0 saturated heterocycles. The summed E-state index contributed by atoms with van der Waals surface area (Å²) in [7, 11) is 0. The molecule has 2 saturated carbocycles. The Labute approximate surface area is 181 Å². The lowest BCUT2D eigenvalue weighted by Gasteiger charge is -2.32. The third kappa shape index (κ3) is 3.97. The minimum atomic E-state index is -0.621. The molecule has 3 heterocycles. The molecule has 0 aliphatic heterocycles. The van der Waals surface area contributed by atoms with Crippen LogP contribution in [0.4, 0.5) is 5.82 Å². The molecule has 9 heteroatoms. The van der Waals surface area contributed by atoms with E-state index in [0.717, 1.165) is 29.6 Å². The molecule has 3 aromatic rings. The first-order valence-electron chi connectivity index (χ1n) is 11.6. The molecule has 1 atom stereocenters. The Kier molecular flexibility index (Phi) is 5.27. The number of fused-ring (bicyclic) bond motifs is 1. The van der Waals surface area contributed by atoms with Gasteiger partial charge in [-0.15, -0.1) is 0 Å². The topological polar surface area (TPSA) is 115 Å². The number of aryl methyl sites for hydroxylation is 1. The average Bonchev–Trinajstić information content (AvgIpc) is 3.25. The minimum Gasteiger partial charge on any atom is -0.365 e. The van der Waals surface area contributed by atoms with Crippen LogP contribution in [0.3, 0.4) is 0 Å². The lowest BCUT2D eigenvalue weighted by molar-refractivity contribution is 0.265. The second kappa shape index (κ2) is 8.09. The molecule has 0 unspecified atom stereocenters. The van der Waals surface area contributed by atoms with Crippen molar-refractivity contribution in [3.05, 3.63) is 16.4 Å². The molecule has 2 aliphatic rings. The number of aromatic nitrogens is 6. The van der Waals surface area contributed by atoms with Crippen molar-refractivity contribution >= 4 is 17.0 Å². The van der Waals surface area contributed by atoms with Crippen molar-refractivity contribution in [1.29, 1.82) is 0 Å². The van der Waals surface area contributed by atoms with Crippen molar-refractivity contribution in [2.24, 2.45) is 17.8 Å². The van der Waals surface area contributed by atoms with Crippen LogP contribution in [0.25, 0.3) is 22.8 Å². The number of nitrogens with one attached hydrogen (secondary N) is 2. The second-order valence-electron chi connectivity index (χ2n) is 9.53. The molecule has 2 fully saturated rings. The summed E-state index contributed by atoms with van der Waals surface area (Å²) in [6.45, 7) is 7.53. The lowest BCUT2D eigenvalue weighted by atomic mass is 9.80. The van der Waals surface area contributed by atoms with Crippen molar-refractivity contribution in [2.75, 3.05) is 5.32 Å². The van der Waals surface area contributed by atoms with Crippen LogP contribution >= 0.6 is 0 Å². The summed E-state index contributed by atoms with van der Waals surface area (Å²) in [5.41, 5.74) is 1.57. The Morgan fingerprint density at radius 2 is 1.94 bits per heavy atom. The van der Waals surface area contributed by atoms with Crippen molar-refractivity contribution < 1.29 is 4.52 Å². The Morgan fingerprint density at radius 1 is 1.16 bits per heavy atom. The Balaban J connectivity index is 1.55. The summed E-state index contributed by atoms with van der Waals surface area (Å²) in [6.07, 6.45) is 8.86. The third-order valence-corrected chi connectivity index (χ3v) is 7.24. The van der Waals surface area contributed by atoms with Crippen LogP contribution in [0, 0.1) is 24.7 Å². The molecule has 5 rings (SSSR count). The molecule has 31 heavy (non-hydrogen) atoms. The first-order chi connectivity index (χ1) is 15.0. The molecule has 166 valence electrons. The first-order valence-corrected chi connectivity index (χ1v) is 11.6. The largest absolute Gasteiger partial charge is 0.439 e. The summed E-state index contributed by atoms with van der Waals surface area (Å²) in [6, 6.07) is 0.301. The van der Waals surface area contributed by atoms with E-state index in [0.29, 0.717) is 29.3 Å². The third-order valence-electron chi connectivity index (χ3n) is 7.24. The van der Waals surface area contributed by atoms with Gasteiger partial charge in [0.25, 0.3) is 0 Å². The van der Waals surface area contributed by atoms with Gasteiger partial charge in [0, 0.05) is 12.6 Å². The standard InChI is InChI=1S/C22H31N7O2/c1-12-7-9-15(10-8-12)11-29-14(3)24-19-17(29)18(23-13(2)16-5-4-6-16)25-20(26-19)21-27-22(30)31-28-21/h12-13,15-16H,4-11H2,1-3H3,(H,23,25,26)(H,27,28,30)/t12-,13-,15-/m1/s1. The van der Waals surface area contributed by atoms with Gasteiger partial charge in [0.05, 0.1) is 0 Å². The van der Waals surface area contributed by atoms with E-state index >= 15 is 0 Å². The van der Waals surface area contributed by atoms with Gasteiger partial charge in [0.1, 0.15) is 11.3 Å². The predicted molar refractivity (Wildman–Crippen MR) is 118 cm³/mol. The van der Waals surface area contributed by atoms with E-state index in [2.05, 4.69) is 43.4 Å². The number of imidazole rings is 1. The monoisotopic (exact) mass is 425 g/mol. The van der Waals surface area contributed by atoms with E-state index in [1.165, 1.54) is 44.9 Å². The van der Waals surface area contributed by atoms with Gasteiger partial charge in [-0.3, -0.25) is 9.51 Å². The van der Waals surface area contributed by atoms with Gasteiger partial charge in [0.15, 0.2) is 11.5 Å². The normalized spacial score (nSPS) is 23.1. The van der Waals surface area contributed by atoms with Crippen LogP contribution in [0.2, 0.25) is 0 Å². The Bertz CT molecular complexity index is 1120. The summed E-state index contributed by atoms with van der Waals surface area (Å²) in [4.78, 5) is 28.1. The zero-order valence-electron chi connectivity index (χ0n) is 18.5. The number of nitrogens with zero attached hydrogens (tertiary/aromatic N) is 5. The molecule has 0 amide bonds. The molecule has 0 bridgehead atoms. The van der Waals surface area contributed by atoms with Gasteiger partial charge in [-0.05, 0) is 57.3 Å². The number of anilines is 1. The van der Waals surface area contributed by atoms with Crippen LogP contribution in [0.5, 0.6) is 0 Å². The molecule has 3 aromatic heterocycles. The number of H-pyrrole nitrogens is 1. The molecule has 0 spiro atoms. The SMILES string of the molecule is Cc1nc2nc(-c3noc(=O)[nH]3)nc(N[C@H](C)C3CCC3)c2n1C[C@H]1CC[C@H](C)CC1. The lowest BCUT2D eigenvalue weighted by Crippen LogP contribution is -2.31. The van der Waals surface area contributed by atoms with Crippen LogP contribution in [0.1, 0.15) is 64.6 Å². The maximum absolute atomic E-state index is 11.5. The number of hydrogen-bond donors (Lipinski definition) is 2. The fourth-order valence-electron chi connectivity index (χ4n) is 4.94. The van der Waals surface area contributed by atoms with Crippen molar-refractivity contribution in [3.8, 4) is 11.6 Å². The number of aromatic amines is 1. The van der Waals surface area contributed by atoms with Gasteiger partial charge in [-0.2, -0.15) is 0 Å². The maximum atomic E-state index is 11.5. The second-order valence-corrected chi connectivity index (χ2v) is 9.53. The molecule has 0 radical (unpaired) electrons. The van der Waals surface area contributed by atoms with Crippen molar-refractivity contribution in [2.45, 2.75) is 78.3 Å². The van der Waals surface area contributed by atoms with Crippen LogP contribution in [-0.4, -0.2) is 35.7 Å². The summed E-state index contributed by atoms with van der Waals surface area (Å²) in [5.74, 6) is 3.74. The fourth-order valence-corrected chi connectivity index (χ4v) is 4.94. The molecule has 2 aliphatic carbocycles. The van der Waals surface area contributed by atoms with E-state index in [9.17, 15) is 4.79 Å². The van der Waals surface area contributed by atoms with Crippen LogP contribution in [-0.2, 0) is 6.54 Å². The zero-order chi connectivity index (χ0) is 21.5. The molecular formula is C22H31N7O2. The van der Waals surface area contributed by atoms with E-state index in [1.807, 2.05) is 6.92 Å². The first kappa shape index (κ1) is 20.2.